The number of aromatic nitrogens is 3. The zero-order valence-corrected chi connectivity index (χ0v) is 33.7. The summed E-state index contributed by atoms with van der Waals surface area (Å²) in [5, 5.41) is 8.32. The van der Waals surface area contributed by atoms with Crippen LogP contribution in [-0.4, -0.2) is 100 Å². The number of amides is 3. The van der Waals surface area contributed by atoms with Crippen LogP contribution in [0.3, 0.4) is 0 Å². The van der Waals surface area contributed by atoms with Gasteiger partial charge in [-0.05, 0) is 76.3 Å². The summed E-state index contributed by atoms with van der Waals surface area (Å²) in [7, 11) is 3.33. The minimum absolute atomic E-state index is 0.0710. The molecule has 55 heavy (non-hydrogen) atoms. The lowest BCUT2D eigenvalue weighted by molar-refractivity contribution is -0.155. The second kappa shape index (κ2) is 16.0. The van der Waals surface area contributed by atoms with Crippen molar-refractivity contribution in [2.45, 2.75) is 104 Å². The largest absolute Gasteiger partial charge is 0.464 e. The first-order valence-corrected chi connectivity index (χ1v) is 20.2. The number of pyridine rings is 1. The Morgan fingerprint density at radius 1 is 1.15 bits per heavy atom. The monoisotopic (exact) mass is 771 g/mol. The molecule has 294 valence electrons. The van der Waals surface area contributed by atoms with E-state index in [2.05, 4.69) is 60.3 Å². The molecule has 6 heterocycles. The zero-order chi connectivity index (χ0) is 39.0. The van der Waals surface area contributed by atoms with Crippen molar-refractivity contribution in [2.24, 2.45) is 5.41 Å². The van der Waals surface area contributed by atoms with Gasteiger partial charge in [-0.15, -0.1) is 11.3 Å². The number of hydrogen-bond acceptors (Lipinski definition) is 10. The van der Waals surface area contributed by atoms with Crippen molar-refractivity contribution in [3.63, 3.8) is 0 Å². The van der Waals surface area contributed by atoms with Gasteiger partial charge < -0.3 is 29.0 Å². The van der Waals surface area contributed by atoms with Crippen LogP contribution in [0, 0.1) is 5.41 Å². The van der Waals surface area contributed by atoms with E-state index < -0.39 is 23.5 Å². The first-order valence-electron chi connectivity index (χ1n) is 19.3. The number of carbonyl (C=O) groups is 3. The van der Waals surface area contributed by atoms with Gasteiger partial charge >= 0.3 is 12.0 Å². The molecule has 3 aromatic heterocycles. The van der Waals surface area contributed by atoms with Crippen LogP contribution in [0.25, 0.3) is 33.4 Å². The fraction of sp³-hybridized carbons (Fsp3) is 0.537. The van der Waals surface area contributed by atoms with Crippen LogP contribution in [-0.2, 0) is 43.2 Å². The Hall–Kier alpha value is -4.37. The van der Waals surface area contributed by atoms with E-state index in [1.165, 1.54) is 16.3 Å². The highest BCUT2D eigenvalue weighted by molar-refractivity contribution is 7.10. The van der Waals surface area contributed by atoms with Crippen molar-refractivity contribution in [3.05, 3.63) is 58.2 Å². The number of ether oxygens (including phenoxy) is 3. The summed E-state index contributed by atoms with van der Waals surface area (Å²) in [4.78, 5) is 53.1. The summed E-state index contributed by atoms with van der Waals surface area (Å²) in [6.07, 6.45) is 4.22. The average Bonchev–Trinajstić information content (AvgIpc) is 3.76. The number of likely N-dealkylation sites (tertiary alicyclic amines) is 1. The molecule has 5 atom stereocenters. The molecule has 6 bridgehead atoms. The van der Waals surface area contributed by atoms with Crippen LogP contribution in [0.2, 0.25) is 0 Å². The Morgan fingerprint density at radius 2 is 1.96 bits per heavy atom. The summed E-state index contributed by atoms with van der Waals surface area (Å²) in [6.45, 7) is 12.2. The van der Waals surface area contributed by atoms with E-state index >= 15 is 0 Å². The quantitative estimate of drug-likeness (QED) is 0.220. The summed E-state index contributed by atoms with van der Waals surface area (Å²) < 4.78 is 19.7. The molecular formula is C41H53N7O6S. The van der Waals surface area contributed by atoms with Crippen molar-refractivity contribution in [2.75, 3.05) is 33.9 Å². The predicted molar refractivity (Wildman–Crippen MR) is 211 cm³/mol. The van der Waals surface area contributed by atoms with Crippen LogP contribution in [0.1, 0.15) is 76.3 Å². The standard InChI is InChI=1S/C41H53N7O6S/c1-8-46-34-14-13-26-19-28(34)29(37(46)27-11-9-16-42-36(27)25(3)53-7)21-41(4,5)23-54-39(50)30-12-10-17-48(45-30)38(49)31(20-35-43-32(26)22-55-35)44-40(51)47-18-15-33(47)24(2)52-6/h9,11,13-14,16,19,22,24-25,30-31,33,45H,8,10,12,15,17-18,20-21,23H2,1-7H3,(H,44,51)/t24-,25-,30-,31-,33-/m0/s1. The van der Waals surface area contributed by atoms with E-state index in [4.69, 9.17) is 24.2 Å². The molecule has 2 N–H and O–H groups in total. The molecule has 4 aromatic rings. The molecule has 3 aliphatic heterocycles. The van der Waals surface area contributed by atoms with Crippen LogP contribution < -0.4 is 10.7 Å². The molecule has 1 aromatic carbocycles. The first kappa shape index (κ1) is 38.9. The molecule has 0 spiro atoms. The molecule has 0 saturated carbocycles. The number of benzene rings is 1. The number of fused-ring (bicyclic) bond motifs is 6. The van der Waals surface area contributed by atoms with Crippen molar-refractivity contribution in [3.8, 4) is 22.5 Å². The van der Waals surface area contributed by atoms with Crippen molar-refractivity contribution < 1.29 is 28.6 Å². The molecule has 14 heteroatoms. The Labute approximate surface area is 326 Å². The molecule has 2 saturated heterocycles. The van der Waals surface area contributed by atoms with Gasteiger partial charge in [0.15, 0.2) is 0 Å². The van der Waals surface area contributed by atoms with Crippen molar-refractivity contribution >= 4 is 40.1 Å². The summed E-state index contributed by atoms with van der Waals surface area (Å²) in [6, 6.07) is 8.51. The van der Waals surface area contributed by atoms with Gasteiger partial charge in [-0.3, -0.25) is 19.6 Å². The number of aryl methyl sites for hydroxylation is 1. The third-order valence-corrected chi connectivity index (χ3v) is 12.2. The fourth-order valence-electron chi connectivity index (χ4n) is 8.10. The number of hydrogen-bond donors (Lipinski definition) is 2. The van der Waals surface area contributed by atoms with Crippen LogP contribution in [0.4, 0.5) is 4.79 Å². The molecule has 3 aliphatic rings. The lowest BCUT2D eigenvalue weighted by atomic mass is 9.84. The second-order valence-corrected chi connectivity index (χ2v) is 16.6. The van der Waals surface area contributed by atoms with Crippen LogP contribution >= 0.6 is 11.3 Å². The Morgan fingerprint density at radius 3 is 2.69 bits per heavy atom. The maximum Gasteiger partial charge on any atom is 0.324 e. The predicted octanol–water partition coefficient (Wildman–Crippen LogP) is 5.91. The minimum atomic E-state index is -0.913. The van der Waals surface area contributed by atoms with Gasteiger partial charge in [-0.2, -0.15) is 0 Å². The Kier molecular flexibility index (Phi) is 11.3. The number of nitrogens with one attached hydrogen (secondary N) is 2. The number of cyclic esters (lactones) is 1. The highest BCUT2D eigenvalue weighted by Crippen LogP contribution is 2.42. The smallest absolute Gasteiger partial charge is 0.324 e. The van der Waals surface area contributed by atoms with Crippen LogP contribution in [0.15, 0.2) is 41.9 Å². The number of nitrogens with zero attached hydrogens (tertiary/aromatic N) is 5. The number of rotatable bonds is 7. The number of methoxy groups -OCH3 is 2. The van der Waals surface area contributed by atoms with Gasteiger partial charge in [-0.25, -0.2) is 15.2 Å². The van der Waals surface area contributed by atoms with Gasteiger partial charge in [0.2, 0.25) is 0 Å². The topological polar surface area (TPSA) is 140 Å². The van der Waals surface area contributed by atoms with Gasteiger partial charge in [0.25, 0.3) is 5.91 Å². The number of thiazole rings is 1. The van der Waals surface area contributed by atoms with E-state index in [-0.39, 0.29) is 43.2 Å². The summed E-state index contributed by atoms with van der Waals surface area (Å²) >= 11 is 1.46. The van der Waals surface area contributed by atoms with Gasteiger partial charge in [0.05, 0.1) is 46.9 Å². The number of hydrazine groups is 1. The number of esters is 1. The van der Waals surface area contributed by atoms with Crippen LogP contribution in [0.5, 0.6) is 0 Å². The van der Waals surface area contributed by atoms with E-state index in [1.807, 2.05) is 25.3 Å². The highest BCUT2D eigenvalue weighted by atomic mass is 32.1. The first-order chi connectivity index (χ1) is 26.4. The lowest BCUT2D eigenvalue weighted by Gasteiger charge is -2.44. The Bertz CT molecular complexity index is 2060. The minimum Gasteiger partial charge on any atom is -0.464 e. The number of urea groups is 1. The highest BCUT2D eigenvalue weighted by Gasteiger charge is 2.40. The summed E-state index contributed by atoms with van der Waals surface area (Å²) in [5.74, 6) is -0.728. The Balaban J connectivity index is 1.32. The molecule has 7 rings (SSSR count). The second-order valence-electron chi connectivity index (χ2n) is 15.7. The molecular weight excluding hydrogens is 719 g/mol. The molecule has 0 aliphatic carbocycles. The van der Waals surface area contributed by atoms with Gasteiger partial charge in [0.1, 0.15) is 12.1 Å². The van der Waals surface area contributed by atoms with Crippen molar-refractivity contribution in [1.29, 1.82) is 0 Å². The molecule has 0 unspecified atom stereocenters. The maximum absolute atomic E-state index is 14.2. The van der Waals surface area contributed by atoms with Crippen molar-refractivity contribution in [1.82, 2.24) is 35.2 Å². The fourth-order valence-corrected chi connectivity index (χ4v) is 8.95. The lowest BCUT2D eigenvalue weighted by Crippen LogP contribution is -2.64. The van der Waals surface area contributed by atoms with Gasteiger partial charge in [-0.1, -0.05) is 19.9 Å². The number of carbonyl (C=O) groups excluding carboxylic acids is 3. The van der Waals surface area contributed by atoms with Gasteiger partial charge in [0, 0.05) is 79.3 Å². The van der Waals surface area contributed by atoms with E-state index in [0.717, 1.165) is 62.6 Å². The SMILES string of the molecule is CCn1c(-c2cccnc2[C@H](C)OC)c2c3cc(ccc31)-c1csc(n1)C[C@H](NC(=O)N1CC[C@H]1[C@H](C)OC)C(=O)N1CCC[C@H](N1)C(=O)OCC(C)(C)C2. The zero-order valence-electron chi connectivity index (χ0n) is 32.9. The average molecular weight is 772 g/mol. The summed E-state index contributed by atoms with van der Waals surface area (Å²) in [5.41, 5.74) is 9.58. The van der Waals surface area contributed by atoms with E-state index in [0.29, 0.717) is 32.4 Å². The van der Waals surface area contributed by atoms with E-state index in [9.17, 15) is 14.4 Å². The normalized spacial score (nSPS) is 22.8. The third-order valence-electron chi connectivity index (χ3n) is 11.4. The molecule has 2 fully saturated rings. The molecule has 13 nitrogen and oxygen atoms in total. The third kappa shape index (κ3) is 7.74. The molecule has 3 amide bonds. The maximum atomic E-state index is 14.2. The van der Waals surface area contributed by atoms with E-state index in [1.54, 1.807) is 25.3 Å². The molecule has 0 radical (unpaired) electrons.